The molecule has 0 saturated heterocycles. The molecule has 0 spiro atoms. The molecule has 7 heteroatoms. The first-order chi connectivity index (χ1) is 8.04. The van der Waals surface area contributed by atoms with Crippen LogP contribution in [0.25, 0.3) is 0 Å². The second-order valence-electron chi connectivity index (χ2n) is 3.08. The van der Waals surface area contributed by atoms with Gasteiger partial charge >= 0.3 is 6.01 Å². The van der Waals surface area contributed by atoms with Gasteiger partial charge in [0.2, 0.25) is 0 Å². The highest BCUT2D eigenvalue weighted by Gasteiger charge is 2.06. The molecule has 0 bridgehead atoms. The number of nitrogens with zero attached hydrogens (tertiary/aromatic N) is 2. The molecule has 2 aromatic rings. The predicted octanol–water partition coefficient (Wildman–Crippen LogP) is 3.52. The van der Waals surface area contributed by atoms with Gasteiger partial charge in [0.25, 0.3) is 0 Å². The average Bonchev–Trinajstić information content (AvgIpc) is 2.22. The van der Waals surface area contributed by atoms with Crippen LogP contribution >= 0.6 is 31.9 Å². The van der Waals surface area contributed by atoms with E-state index in [1.54, 1.807) is 6.07 Å². The normalized spacial score (nSPS) is 10.3. The summed E-state index contributed by atoms with van der Waals surface area (Å²) in [5.74, 6) is 0.325. The Morgan fingerprint density at radius 2 is 1.94 bits per heavy atom. The Morgan fingerprint density at radius 3 is 2.59 bits per heavy atom. The van der Waals surface area contributed by atoms with Gasteiger partial charge in [-0.15, -0.1) is 0 Å². The molecule has 17 heavy (non-hydrogen) atoms. The van der Waals surface area contributed by atoms with Crippen molar-refractivity contribution in [1.29, 1.82) is 0 Å². The van der Waals surface area contributed by atoms with Crippen LogP contribution in [0.15, 0.2) is 33.3 Å². The summed E-state index contributed by atoms with van der Waals surface area (Å²) in [4.78, 5) is 7.86. The third kappa shape index (κ3) is 3.13. The van der Waals surface area contributed by atoms with Gasteiger partial charge in [0.15, 0.2) is 0 Å². The molecule has 0 fully saturated rings. The predicted molar refractivity (Wildman–Crippen MR) is 68.3 cm³/mol. The molecule has 0 atom stereocenters. The maximum absolute atomic E-state index is 13.0. The average molecular weight is 363 g/mol. The van der Waals surface area contributed by atoms with Crippen molar-refractivity contribution in [3.05, 3.63) is 39.2 Å². The summed E-state index contributed by atoms with van der Waals surface area (Å²) in [6, 6.07) is 5.88. The van der Waals surface area contributed by atoms with Crippen molar-refractivity contribution in [3.63, 3.8) is 0 Å². The van der Waals surface area contributed by atoms with Gasteiger partial charge in [-0.25, -0.2) is 4.39 Å². The molecule has 1 aromatic heterocycles. The molecule has 0 radical (unpaired) electrons. The fraction of sp³-hybridized carbons (Fsp3) is 0. The van der Waals surface area contributed by atoms with Gasteiger partial charge in [0, 0.05) is 6.07 Å². The monoisotopic (exact) mass is 361 g/mol. The number of rotatable bonds is 2. The molecule has 88 valence electrons. The van der Waals surface area contributed by atoms with Crippen molar-refractivity contribution >= 4 is 37.7 Å². The number of nitrogen functional groups attached to an aromatic ring is 1. The van der Waals surface area contributed by atoms with Crippen LogP contribution in [0.2, 0.25) is 0 Å². The molecule has 1 aromatic carbocycles. The number of anilines is 1. The first-order valence-corrected chi connectivity index (χ1v) is 6.06. The standard InChI is InChI=1S/C10H6Br2FN3O/c11-6-3-5(1-2-7(6)13)17-10-15-8(12)4-9(14)16-10/h1-4H,(H2,14,15,16). The molecule has 0 saturated carbocycles. The lowest BCUT2D eigenvalue weighted by Crippen LogP contribution is -1.97. The second kappa shape index (κ2) is 4.97. The first kappa shape index (κ1) is 12.3. The van der Waals surface area contributed by atoms with E-state index in [1.165, 1.54) is 18.2 Å². The molecule has 0 aliphatic rings. The maximum atomic E-state index is 13.0. The summed E-state index contributed by atoms with van der Waals surface area (Å²) in [7, 11) is 0. The lowest BCUT2D eigenvalue weighted by atomic mass is 10.3. The number of benzene rings is 1. The molecule has 2 N–H and O–H groups in total. The highest BCUT2D eigenvalue weighted by Crippen LogP contribution is 2.25. The third-order valence-electron chi connectivity index (χ3n) is 1.79. The van der Waals surface area contributed by atoms with Crippen LogP contribution in [0.1, 0.15) is 0 Å². The third-order valence-corrected chi connectivity index (χ3v) is 2.81. The number of aromatic nitrogens is 2. The van der Waals surface area contributed by atoms with Crippen LogP contribution in [0, 0.1) is 5.82 Å². The topological polar surface area (TPSA) is 61.0 Å². The molecule has 4 nitrogen and oxygen atoms in total. The molecular formula is C10H6Br2FN3O. The van der Waals surface area contributed by atoms with E-state index in [2.05, 4.69) is 41.8 Å². The molecule has 1 heterocycles. The Labute approximate surface area is 113 Å². The Bertz CT molecular complexity index is 545. The van der Waals surface area contributed by atoms with E-state index in [1.807, 2.05) is 0 Å². The summed E-state index contributed by atoms with van der Waals surface area (Å²) >= 11 is 6.23. The van der Waals surface area contributed by atoms with E-state index in [-0.39, 0.29) is 17.6 Å². The summed E-state index contributed by atoms with van der Waals surface area (Å²) in [5, 5.41) is 0. The van der Waals surface area contributed by atoms with Crippen molar-refractivity contribution in [3.8, 4) is 11.8 Å². The van der Waals surface area contributed by atoms with Crippen LogP contribution in [0.5, 0.6) is 11.8 Å². The van der Waals surface area contributed by atoms with Gasteiger partial charge in [-0.1, -0.05) is 0 Å². The fourth-order valence-electron chi connectivity index (χ4n) is 1.10. The van der Waals surface area contributed by atoms with E-state index >= 15 is 0 Å². The molecule has 0 aliphatic heterocycles. The van der Waals surface area contributed by atoms with E-state index < -0.39 is 0 Å². The molecule has 0 unspecified atom stereocenters. The van der Waals surface area contributed by atoms with E-state index in [9.17, 15) is 4.39 Å². The lowest BCUT2D eigenvalue weighted by molar-refractivity contribution is 0.439. The quantitative estimate of drug-likeness (QED) is 0.830. The van der Waals surface area contributed by atoms with E-state index in [0.717, 1.165) is 0 Å². The van der Waals surface area contributed by atoms with Crippen LogP contribution in [-0.4, -0.2) is 9.97 Å². The Morgan fingerprint density at radius 1 is 1.18 bits per heavy atom. The molecule has 0 amide bonds. The fourth-order valence-corrected chi connectivity index (χ4v) is 1.85. The smallest absolute Gasteiger partial charge is 0.325 e. The van der Waals surface area contributed by atoms with E-state index in [0.29, 0.717) is 14.8 Å². The van der Waals surface area contributed by atoms with E-state index in [4.69, 9.17) is 10.5 Å². The highest BCUT2D eigenvalue weighted by atomic mass is 79.9. The minimum Gasteiger partial charge on any atom is -0.424 e. The Balaban J connectivity index is 2.28. The number of hydrogen-bond acceptors (Lipinski definition) is 4. The number of ether oxygens (including phenoxy) is 1. The zero-order valence-corrected chi connectivity index (χ0v) is 11.5. The van der Waals surface area contributed by atoms with Crippen LogP contribution in [0.4, 0.5) is 10.2 Å². The van der Waals surface area contributed by atoms with Crippen LogP contribution < -0.4 is 10.5 Å². The van der Waals surface area contributed by atoms with Crippen molar-refractivity contribution in [2.24, 2.45) is 0 Å². The van der Waals surface area contributed by atoms with Gasteiger partial charge in [-0.2, -0.15) is 9.97 Å². The van der Waals surface area contributed by atoms with Gasteiger partial charge in [0.05, 0.1) is 4.47 Å². The summed E-state index contributed by atoms with van der Waals surface area (Å²) in [5.41, 5.74) is 5.54. The number of nitrogens with two attached hydrogens (primary N) is 1. The second-order valence-corrected chi connectivity index (χ2v) is 4.74. The SMILES string of the molecule is Nc1cc(Br)nc(Oc2ccc(F)c(Br)c2)n1. The minimum atomic E-state index is -0.368. The van der Waals surface area contributed by atoms with Crippen LogP contribution in [0.3, 0.4) is 0 Å². The van der Waals surface area contributed by atoms with Crippen LogP contribution in [-0.2, 0) is 0 Å². The van der Waals surface area contributed by atoms with Gasteiger partial charge in [0.1, 0.15) is 22.0 Å². The lowest BCUT2D eigenvalue weighted by Gasteiger charge is -2.05. The highest BCUT2D eigenvalue weighted by molar-refractivity contribution is 9.10. The molecule has 0 aliphatic carbocycles. The Kier molecular flexibility index (Phi) is 3.58. The van der Waals surface area contributed by atoms with Crippen molar-refractivity contribution in [1.82, 2.24) is 9.97 Å². The van der Waals surface area contributed by atoms with Gasteiger partial charge in [-0.3, -0.25) is 0 Å². The van der Waals surface area contributed by atoms with Gasteiger partial charge in [-0.05, 0) is 50.1 Å². The summed E-state index contributed by atoms with van der Waals surface area (Å²) in [6.07, 6.45) is 0. The molecule has 2 rings (SSSR count). The number of hydrogen-bond donors (Lipinski definition) is 1. The van der Waals surface area contributed by atoms with Gasteiger partial charge < -0.3 is 10.5 Å². The van der Waals surface area contributed by atoms with Crippen molar-refractivity contribution in [2.75, 3.05) is 5.73 Å². The maximum Gasteiger partial charge on any atom is 0.325 e. The van der Waals surface area contributed by atoms with Crippen molar-refractivity contribution in [2.45, 2.75) is 0 Å². The summed E-state index contributed by atoms with van der Waals surface area (Å²) in [6.45, 7) is 0. The number of halogens is 3. The largest absolute Gasteiger partial charge is 0.424 e. The summed E-state index contributed by atoms with van der Waals surface area (Å²) < 4.78 is 19.2. The van der Waals surface area contributed by atoms with Crippen molar-refractivity contribution < 1.29 is 9.13 Å². The minimum absolute atomic E-state index is 0.0929. The zero-order chi connectivity index (χ0) is 12.4. The zero-order valence-electron chi connectivity index (χ0n) is 8.32. The Hall–Kier alpha value is -1.21. The first-order valence-electron chi connectivity index (χ1n) is 4.47. The molecular weight excluding hydrogens is 357 g/mol.